The molecule has 7 heteroatoms. The van der Waals surface area contributed by atoms with Crippen LogP contribution < -0.4 is 10.1 Å². The maximum atomic E-state index is 10.7. The number of aryl methyl sites for hydroxylation is 1. The van der Waals surface area contributed by atoms with Crippen molar-refractivity contribution in [3.63, 3.8) is 0 Å². The summed E-state index contributed by atoms with van der Waals surface area (Å²) in [6.07, 6.45) is 0. The molecule has 20 heavy (non-hydrogen) atoms. The number of carbonyl (C=O) groups is 1. The Labute approximate surface area is 120 Å². The number of aromatic nitrogens is 2. The molecule has 6 nitrogen and oxygen atoms in total. The molecule has 1 heterocycles. The summed E-state index contributed by atoms with van der Waals surface area (Å²) in [6.45, 7) is 1.87. The molecule has 1 aromatic heterocycles. The van der Waals surface area contributed by atoms with Gasteiger partial charge in [0.05, 0.1) is 12.8 Å². The highest BCUT2D eigenvalue weighted by molar-refractivity contribution is 6.31. The van der Waals surface area contributed by atoms with E-state index in [0.29, 0.717) is 22.3 Å². The highest BCUT2D eigenvalue weighted by Gasteiger charge is 2.09. The van der Waals surface area contributed by atoms with Gasteiger partial charge in [-0.2, -0.15) is 0 Å². The van der Waals surface area contributed by atoms with Crippen molar-refractivity contribution in [3.8, 4) is 5.75 Å². The lowest BCUT2D eigenvalue weighted by molar-refractivity contribution is 0.0689. The SMILES string of the molecule is COc1cc(Cl)c(C)cc1Nc1ccc(C(=O)O)nn1. The zero-order valence-corrected chi connectivity index (χ0v) is 11.6. The molecule has 0 radical (unpaired) electrons. The van der Waals surface area contributed by atoms with Crippen molar-refractivity contribution < 1.29 is 14.6 Å². The van der Waals surface area contributed by atoms with Gasteiger partial charge in [0.1, 0.15) is 5.75 Å². The summed E-state index contributed by atoms with van der Waals surface area (Å²) < 4.78 is 5.23. The van der Waals surface area contributed by atoms with Crippen LogP contribution in [-0.4, -0.2) is 28.4 Å². The van der Waals surface area contributed by atoms with Crippen LogP contribution in [-0.2, 0) is 0 Å². The smallest absolute Gasteiger partial charge is 0.356 e. The fourth-order valence-electron chi connectivity index (χ4n) is 1.58. The molecular formula is C13H12ClN3O3. The monoisotopic (exact) mass is 293 g/mol. The first-order chi connectivity index (χ1) is 9.51. The minimum absolute atomic E-state index is 0.116. The molecule has 0 amide bonds. The van der Waals surface area contributed by atoms with E-state index in [2.05, 4.69) is 15.5 Å². The number of halogens is 1. The van der Waals surface area contributed by atoms with E-state index in [0.717, 1.165) is 5.56 Å². The third-order valence-corrected chi connectivity index (χ3v) is 3.03. The van der Waals surface area contributed by atoms with Gasteiger partial charge in [-0.25, -0.2) is 4.79 Å². The van der Waals surface area contributed by atoms with E-state index in [1.54, 1.807) is 6.07 Å². The van der Waals surface area contributed by atoms with Crippen LogP contribution in [0.3, 0.4) is 0 Å². The van der Waals surface area contributed by atoms with Crippen LogP contribution in [0.5, 0.6) is 5.75 Å². The van der Waals surface area contributed by atoms with Crippen LogP contribution in [0.25, 0.3) is 0 Å². The molecule has 0 aliphatic carbocycles. The topological polar surface area (TPSA) is 84.3 Å². The van der Waals surface area contributed by atoms with Crippen LogP contribution >= 0.6 is 11.6 Å². The summed E-state index contributed by atoms with van der Waals surface area (Å²) in [7, 11) is 1.53. The highest BCUT2D eigenvalue weighted by atomic mass is 35.5. The second-order valence-electron chi connectivity index (χ2n) is 4.04. The van der Waals surface area contributed by atoms with Gasteiger partial charge in [0.25, 0.3) is 0 Å². The molecular weight excluding hydrogens is 282 g/mol. The summed E-state index contributed by atoms with van der Waals surface area (Å²) in [5.74, 6) is -0.149. The van der Waals surface area contributed by atoms with Gasteiger partial charge >= 0.3 is 5.97 Å². The Hall–Kier alpha value is -2.34. The third-order valence-electron chi connectivity index (χ3n) is 2.63. The van der Waals surface area contributed by atoms with Gasteiger partial charge in [0.2, 0.25) is 0 Å². The van der Waals surface area contributed by atoms with Crippen molar-refractivity contribution >= 4 is 29.1 Å². The maximum absolute atomic E-state index is 10.7. The Balaban J connectivity index is 2.29. The number of aromatic carboxylic acids is 1. The number of carboxylic acids is 1. The summed E-state index contributed by atoms with van der Waals surface area (Å²) in [4.78, 5) is 10.7. The first kappa shape index (κ1) is 14.1. The molecule has 0 unspecified atom stereocenters. The van der Waals surface area contributed by atoms with Gasteiger partial charge in [0.15, 0.2) is 11.5 Å². The van der Waals surface area contributed by atoms with E-state index in [1.807, 2.05) is 13.0 Å². The van der Waals surface area contributed by atoms with Crippen LogP contribution in [0, 0.1) is 6.92 Å². The number of nitrogens with zero attached hydrogens (tertiary/aromatic N) is 2. The summed E-state index contributed by atoms with van der Waals surface area (Å²) in [5, 5.41) is 19.7. The molecule has 2 aromatic rings. The first-order valence-corrected chi connectivity index (χ1v) is 6.07. The zero-order valence-electron chi connectivity index (χ0n) is 10.8. The molecule has 0 fully saturated rings. The second kappa shape index (κ2) is 5.75. The van der Waals surface area contributed by atoms with E-state index in [9.17, 15) is 4.79 Å². The molecule has 2 rings (SSSR count). The number of anilines is 2. The third kappa shape index (κ3) is 2.97. The Bertz CT molecular complexity index is 644. The van der Waals surface area contributed by atoms with Gasteiger partial charge in [-0.3, -0.25) is 0 Å². The predicted molar refractivity (Wildman–Crippen MR) is 75.0 cm³/mol. The van der Waals surface area contributed by atoms with Crippen molar-refractivity contribution in [3.05, 3.63) is 40.5 Å². The van der Waals surface area contributed by atoms with E-state index >= 15 is 0 Å². The predicted octanol–water partition coefficient (Wildman–Crippen LogP) is 2.89. The van der Waals surface area contributed by atoms with Gasteiger partial charge in [-0.15, -0.1) is 10.2 Å². The molecule has 0 bridgehead atoms. The second-order valence-corrected chi connectivity index (χ2v) is 4.44. The van der Waals surface area contributed by atoms with Crippen molar-refractivity contribution in [2.75, 3.05) is 12.4 Å². The summed E-state index contributed by atoms with van der Waals surface area (Å²) >= 11 is 6.02. The summed E-state index contributed by atoms with van der Waals surface area (Å²) in [6, 6.07) is 6.40. The Morgan fingerprint density at radius 2 is 2.10 bits per heavy atom. The number of methoxy groups -OCH3 is 1. The lowest BCUT2D eigenvalue weighted by Crippen LogP contribution is -2.04. The van der Waals surface area contributed by atoms with E-state index in [1.165, 1.54) is 19.2 Å². The fraction of sp³-hybridized carbons (Fsp3) is 0.154. The average molecular weight is 294 g/mol. The van der Waals surface area contributed by atoms with Crippen LogP contribution in [0.4, 0.5) is 11.5 Å². The largest absolute Gasteiger partial charge is 0.495 e. The number of nitrogens with one attached hydrogen (secondary N) is 1. The van der Waals surface area contributed by atoms with Gasteiger partial charge in [-0.1, -0.05) is 11.6 Å². The Morgan fingerprint density at radius 3 is 2.65 bits per heavy atom. The molecule has 0 saturated heterocycles. The van der Waals surface area contributed by atoms with Crippen molar-refractivity contribution in [1.29, 1.82) is 0 Å². The Morgan fingerprint density at radius 1 is 1.35 bits per heavy atom. The number of rotatable bonds is 4. The lowest BCUT2D eigenvalue weighted by Gasteiger charge is -2.12. The Kier molecular flexibility index (Phi) is 4.05. The van der Waals surface area contributed by atoms with Crippen LogP contribution in [0.1, 0.15) is 16.1 Å². The number of hydrogen-bond acceptors (Lipinski definition) is 5. The first-order valence-electron chi connectivity index (χ1n) is 5.69. The maximum Gasteiger partial charge on any atom is 0.356 e. The van der Waals surface area contributed by atoms with E-state index < -0.39 is 5.97 Å². The fourth-order valence-corrected chi connectivity index (χ4v) is 1.73. The number of hydrogen-bond donors (Lipinski definition) is 2. The van der Waals surface area contributed by atoms with Gasteiger partial charge < -0.3 is 15.2 Å². The molecule has 2 N–H and O–H groups in total. The molecule has 0 aliphatic heterocycles. The number of benzene rings is 1. The number of carboxylic acid groups (broad SMARTS) is 1. The summed E-state index contributed by atoms with van der Waals surface area (Å²) in [5.41, 5.74) is 1.44. The van der Waals surface area contributed by atoms with Crippen molar-refractivity contribution in [2.24, 2.45) is 0 Å². The van der Waals surface area contributed by atoms with Gasteiger partial charge in [-0.05, 0) is 30.7 Å². The van der Waals surface area contributed by atoms with Gasteiger partial charge in [0, 0.05) is 11.1 Å². The lowest BCUT2D eigenvalue weighted by atomic mass is 10.2. The minimum atomic E-state index is -1.12. The molecule has 104 valence electrons. The molecule has 0 saturated carbocycles. The highest BCUT2D eigenvalue weighted by Crippen LogP contribution is 2.32. The normalized spacial score (nSPS) is 10.2. The molecule has 0 aliphatic rings. The van der Waals surface area contributed by atoms with E-state index in [4.69, 9.17) is 21.4 Å². The standard InChI is InChI=1S/C13H12ClN3O3/c1-7-5-10(11(20-2)6-8(7)14)15-12-4-3-9(13(18)19)16-17-12/h3-6H,1-2H3,(H,15,17)(H,18,19). The minimum Gasteiger partial charge on any atom is -0.495 e. The zero-order chi connectivity index (χ0) is 14.7. The van der Waals surface area contributed by atoms with Crippen molar-refractivity contribution in [2.45, 2.75) is 6.92 Å². The molecule has 0 spiro atoms. The van der Waals surface area contributed by atoms with Crippen LogP contribution in [0.15, 0.2) is 24.3 Å². The molecule has 1 aromatic carbocycles. The van der Waals surface area contributed by atoms with Crippen molar-refractivity contribution in [1.82, 2.24) is 10.2 Å². The molecule has 0 atom stereocenters. The quantitative estimate of drug-likeness (QED) is 0.901. The number of ether oxygens (including phenoxy) is 1. The average Bonchev–Trinajstić information content (AvgIpc) is 2.43. The van der Waals surface area contributed by atoms with E-state index in [-0.39, 0.29) is 5.69 Å². The van der Waals surface area contributed by atoms with Crippen LogP contribution in [0.2, 0.25) is 5.02 Å².